The van der Waals surface area contributed by atoms with Gasteiger partial charge in [-0.15, -0.1) is 11.3 Å². The van der Waals surface area contributed by atoms with Crippen molar-refractivity contribution in [1.29, 1.82) is 0 Å². The zero-order valence-electron chi connectivity index (χ0n) is 10.7. The van der Waals surface area contributed by atoms with Gasteiger partial charge in [0, 0.05) is 17.4 Å². The van der Waals surface area contributed by atoms with Crippen molar-refractivity contribution in [2.24, 2.45) is 5.92 Å². The summed E-state index contributed by atoms with van der Waals surface area (Å²) in [6.07, 6.45) is 1.63. The van der Waals surface area contributed by atoms with Crippen LogP contribution in [0.2, 0.25) is 0 Å². The molecule has 5 nitrogen and oxygen atoms in total. The molecule has 1 aliphatic rings. The maximum atomic E-state index is 12.0. The molecule has 1 aliphatic heterocycles. The Labute approximate surface area is 115 Å². The van der Waals surface area contributed by atoms with Crippen LogP contribution in [0.5, 0.6) is 0 Å². The summed E-state index contributed by atoms with van der Waals surface area (Å²) in [5, 5.41) is 11.7. The van der Waals surface area contributed by atoms with Crippen molar-refractivity contribution in [1.82, 2.24) is 5.32 Å². The third kappa shape index (κ3) is 3.78. The topological polar surface area (TPSA) is 75.6 Å². The summed E-state index contributed by atoms with van der Waals surface area (Å²) in [7, 11) is 0. The molecule has 0 aliphatic carbocycles. The summed E-state index contributed by atoms with van der Waals surface area (Å²) in [6, 6.07) is 3.30. The van der Waals surface area contributed by atoms with Crippen LogP contribution in [0.3, 0.4) is 0 Å². The smallest absolute Gasteiger partial charge is 0.345 e. The summed E-state index contributed by atoms with van der Waals surface area (Å²) in [6.45, 7) is 2.99. The van der Waals surface area contributed by atoms with Crippen molar-refractivity contribution < 1.29 is 19.4 Å². The highest BCUT2D eigenvalue weighted by Gasteiger charge is 2.25. The van der Waals surface area contributed by atoms with Gasteiger partial charge in [-0.25, -0.2) is 4.79 Å². The van der Waals surface area contributed by atoms with Crippen molar-refractivity contribution in [3.05, 3.63) is 21.9 Å². The Hall–Kier alpha value is -1.40. The largest absolute Gasteiger partial charge is 0.477 e. The zero-order valence-corrected chi connectivity index (χ0v) is 11.5. The van der Waals surface area contributed by atoms with Gasteiger partial charge in [-0.1, -0.05) is 0 Å². The van der Waals surface area contributed by atoms with Crippen molar-refractivity contribution in [2.75, 3.05) is 6.61 Å². The van der Waals surface area contributed by atoms with Crippen LogP contribution < -0.4 is 5.32 Å². The highest BCUT2D eigenvalue weighted by Crippen LogP contribution is 2.21. The van der Waals surface area contributed by atoms with E-state index >= 15 is 0 Å². The number of thiophene rings is 1. The van der Waals surface area contributed by atoms with Gasteiger partial charge in [-0.3, -0.25) is 4.79 Å². The van der Waals surface area contributed by atoms with Gasteiger partial charge in [0.1, 0.15) is 4.88 Å². The number of carbonyl (C=O) groups is 2. The SMILES string of the molecule is CC1CC(C(=O)NCc2ccc(C(=O)O)s2)CCO1. The van der Waals surface area contributed by atoms with E-state index in [1.54, 1.807) is 12.1 Å². The number of amides is 1. The minimum absolute atomic E-state index is 0.00246. The molecule has 19 heavy (non-hydrogen) atoms. The third-order valence-corrected chi connectivity index (χ3v) is 4.24. The third-order valence-electron chi connectivity index (χ3n) is 3.17. The second-order valence-electron chi connectivity index (χ2n) is 4.69. The maximum Gasteiger partial charge on any atom is 0.345 e. The van der Waals surface area contributed by atoms with E-state index in [2.05, 4.69) is 5.32 Å². The molecule has 1 aromatic heterocycles. The molecule has 0 aromatic carbocycles. The predicted molar refractivity (Wildman–Crippen MR) is 71.3 cm³/mol. The van der Waals surface area contributed by atoms with Crippen LogP contribution in [0.1, 0.15) is 34.3 Å². The van der Waals surface area contributed by atoms with Crippen LogP contribution in [-0.4, -0.2) is 29.7 Å². The average molecular weight is 283 g/mol. The molecular formula is C13H17NO4S. The quantitative estimate of drug-likeness (QED) is 0.884. The summed E-state index contributed by atoms with van der Waals surface area (Å²) >= 11 is 1.19. The van der Waals surface area contributed by atoms with Gasteiger partial charge in [0.05, 0.1) is 12.6 Å². The maximum absolute atomic E-state index is 12.0. The molecule has 0 saturated carbocycles. The number of aromatic carboxylic acids is 1. The first-order valence-electron chi connectivity index (χ1n) is 6.27. The molecule has 2 heterocycles. The Kier molecular flexibility index (Phi) is 4.55. The van der Waals surface area contributed by atoms with E-state index in [4.69, 9.17) is 9.84 Å². The highest BCUT2D eigenvalue weighted by molar-refractivity contribution is 7.13. The monoisotopic (exact) mass is 283 g/mol. The molecule has 1 fully saturated rings. The minimum atomic E-state index is -0.930. The van der Waals surface area contributed by atoms with Crippen LogP contribution in [-0.2, 0) is 16.1 Å². The van der Waals surface area contributed by atoms with Gasteiger partial charge < -0.3 is 15.2 Å². The first-order chi connectivity index (χ1) is 9.06. The summed E-state index contributed by atoms with van der Waals surface area (Å²) in [5.74, 6) is -0.899. The molecule has 1 amide bonds. The van der Waals surface area contributed by atoms with Gasteiger partial charge in [0.25, 0.3) is 0 Å². The van der Waals surface area contributed by atoms with Crippen LogP contribution in [0.25, 0.3) is 0 Å². The van der Waals surface area contributed by atoms with Gasteiger partial charge in [0.2, 0.25) is 5.91 Å². The van der Waals surface area contributed by atoms with Crippen molar-refractivity contribution in [2.45, 2.75) is 32.4 Å². The number of ether oxygens (including phenoxy) is 1. The van der Waals surface area contributed by atoms with E-state index in [9.17, 15) is 9.59 Å². The van der Waals surface area contributed by atoms with E-state index in [-0.39, 0.29) is 17.9 Å². The summed E-state index contributed by atoms with van der Waals surface area (Å²) < 4.78 is 5.41. The van der Waals surface area contributed by atoms with E-state index < -0.39 is 5.97 Å². The Morgan fingerprint density at radius 3 is 2.95 bits per heavy atom. The Bertz CT molecular complexity index is 471. The Morgan fingerprint density at radius 2 is 2.32 bits per heavy atom. The molecular weight excluding hydrogens is 266 g/mol. The number of carboxylic acids is 1. The van der Waals surface area contributed by atoms with E-state index in [0.29, 0.717) is 18.0 Å². The fourth-order valence-corrected chi connectivity index (χ4v) is 2.93. The fraction of sp³-hybridized carbons (Fsp3) is 0.538. The lowest BCUT2D eigenvalue weighted by Gasteiger charge is -2.26. The highest BCUT2D eigenvalue weighted by atomic mass is 32.1. The summed E-state index contributed by atoms with van der Waals surface area (Å²) in [5.41, 5.74) is 0. The minimum Gasteiger partial charge on any atom is -0.477 e. The van der Waals surface area contributed by atoms with Gasteiger partial charge >= 0.3 is 5.97 Å². The fourth-order valence-electron chi connectivity index (χ4n) is 2.14. The lowest BCUT2D eigenvalue weighted by Crippen LogP contribution is -2.36. The van der Waals surface area contributed by atoms with Crippen molar-refractivity contribution in [3.63, 3.8) is 0 Å². The standard InChI is InChI=1S/C13H17NO4S/c1-8-6-9(4-5-18-8)12(15)14-7-10-2-3-11(19-10)13(16)17/h2-3,8-9H,4-7H2,1H3,(H,14,15)(H,16,17). The van der Waals surface area contributed by atoms with Gasteiger partial charge in [0.15, 0.2) is 0 Å². The lowest BCUT2D eigenvalue weighted by molar-refractivity contribution is -0.129. The van der Waals surface area contributed by atoms with E-state index in [1.807, 2.05) is 6.92 Å². The van der Waals surface area contributed by atoms with Crippen LogP contribution in [0, 0.1) is 5.92 Å². The second-order valence-corrected chi connectivity index (χ2v) is 5.86. The van der Waals surface area contributed by atoms with Crippen molar-refractivity contribution >= 4 is 23.2 Å². The van der Waals surface area contributed by atoms with Crippen LogP contribution >= 0.6 is 11.3 Å². The summed E-state index contributed by atoms with van der Waals surface area (Å²) in [4.78, 5) is 23.9. The molecule has 104 valence electrons. The molecule has 2 unspecified atom stereocenters. The molecule has 1 saturated heterocycles. The number of hydrogen-bond acceptors (Lipinski definition) is 4. The number of rotatable bonds is 4. The van der Waals surface area contributed by atoms with E-state index in [0.717, 1.165) is 17.7 Å². The molecule has 1 aromatic rings. The first kappa shape index (κ1) is 14.0. The molecule has 2 rings (SSSR count). The molecule has 2 N–H and O–H groups in total. The first-order valence-corrected chi connectivity index (χ1v) is 7.09. The Morgan fingerprint density at radius 1 is 1.53 bits per heavy atom. The average Bonchev–Trinajstić information content (AvgIpc) is 2.85. The second kappa shape index (κ2) is 6.16. The van der Waals surface area contributed by atoms with Gasteiger partial charge in [-0.2, -0.15) is 0 Å². The van der Waals surface area contributed by atoms with Crippen LogP contribution in [0.15, 0.2) is 12.1 Å². The number of nitrogens with one attached hydrogen (secondary N) is 1. The van der Waals surface area contributed by atoms with Crippen molar-refractivity contribution in [3.8, 4) is 0 Å². The number of carboxylic acid groups (broad SMARTS) is 1. The molecule has 0 spiro atoms. The Balaban J connectivity index is 1.84. The molecule has 2 atom stereocenters. The van der Waals surface area contributed by atoms with E-state index in [1.165, 1.54) is 11.3 Å². The normalized spacial score (nSPS) is 23.0. The number of carbonyl (C=O) groups excluding carboxylic acids is 1. The van der Waals surface area contributed by atoms with Gasteiger partial charge in [-0.05, 0) is 31.9 Å². The number of hydrogen-bond donors (Lipinski definition) is 2. The lowest BCUT2D eigenvalue weighted by atomic mass is 9.95. The molecule has 0 bridgehead atoms. The van der Waals surface area contributed by atoms with Crippen LogP contribution in [0.4, 0.5) is 0 Å². The molecule has 0 radical (unpaired) electrons. The zero-order chi connectivity index (χ0) is 13.8. The molecule has 6 heteroatoms. The predicted octanol–water partition coefficient (Wildman–Crippen LogP) is 1.88.